The van der Waals surface area contributed by atoms with E-state index in [-0.39, 0.29) is 0 Å². The molecule has 0 fully saturated rings. The van der Waals surface area contributed by atoms with Crippen LogP contribution in [0.15, 0.2) is 36.4 Å². The van der Waals surface area contributed by atoms with Gasteiger partial charge in [0.05, 0.1) is 19.2 Å². The number of halogens is 1. The van der Waals surface area contributed by atoms with Crippen molar-refractivity contribution in [2.24, 2.45) is 0 Å². The van der Waals surface area contributed by atoms with Crippen LogP contribution in [0.3, 0.4) is 0 Å². The highest BCUT2D eigenvalue weighted by Crippen LogP contribution is 2.35. The third-order valence-corrected chi connectivity index (χ3v) is 3.80. The molecule has 5 heteroatoms. The van der Waals surface area contributed by atoms with Crippen molar-refractivity contribution in [3.05, 3.63) is 47.0 Å². The van der Waals surface area contributed by atoms with Gasteiger partial charge in [0.15, 0.2) is 0 Å². The van der Waals surface area contributed by atoms with Crippen molar-refractivity contribution in [1.82, 2.24) is 10.2 Å². The number of aromatic nitrogens is 2. The molecule has 4 nitrogen and oxygen atoms in total. The fourth-order valence-electron chi connectivity index (χ4n) is 2.44. The molecule has 22 heavy (non-hydrogen) atoms. The summed E-state index contributed by atoms with van der Waals surface area (Å²) < 4.78 is 10.3. The molecular weight excluding hydrogens is 300 g/mol. The third kappa shape index (κ3) is 2.57. The topological polar surface area (TPSA) is 44.2 Å². The molecule has 0 saturated carbocycles. The SMILES string of the molecule is COc1ccc(-c2cc(C)cc3cc(OC)nnc23)c(Cl)c1. The Hall–Kier alpha value is -2.33. The highest BCUT2D eigenvalue weighted by Gasteiger charge is 2.12. The number of hydrogen-bond acceptors (Lipinski definition) is 4. The van der Waals surface area contributed by atoms with Gasteiger partial charge in [0, 0.05) is 22.6 Å². The van der Waals surface area contributed by atoms with Crippen LogP contribution in [-0.4, -0.2) is 24.4 Å². The van der Waals surface area contributed by atoms with Crippen molar-refractivity contribution in [2.45, 2.75) is 6.92 Å². The number of methoxy groups -OCH3 is 2. The van der Waals surface area contributed by atoms with Crippen LogP contribution in [0, 0.1) is 6.92 Å². The fraction of sp³-hybridized carbons (Fsp3) is 0.176. The predicted octanol–water partition coefficient (Wildman–Crippen LogP) is 4.28. The van der Waals surface area contributed by atoms with E-state index in [1.165, 1.54) is 0 Å². The molecule has 3 rings (SSSR count). The number of rotatable bonds is 3. The van der Waals surface area contributed by atoms with Crippen LogP contribution >= 0.6 is 11.6 Å². The summed E-state index contributed by atoms with van der Waals surface area (Å²) in [7, 11) is 3.19. The van der Waals surface area contributed by atoms with E-state index >= 15 is 0 Å². The number of hydrogen-bond donors (Lipinski definition) is 0. The molecule has 0 aliphatic carbocycles. The van der Waals surface area contributed by atoms with Crippen LogP contribution in [0.4, 0.5) is 0 Å². The first-order valence-corrected chi connectivity index (χ1v) is 7.16. The van der Waals surface area contributed by atoms with Crippen LogP contribution in [0.5, 0.6) is 11.6 Å². The lowest BCUT2D eigenvalue weighted by atomic mass is 9.99. The number of ether oxygens (including phenoxy) is 2. The van der Waals surface area contributed by atoms with Gasteiger partial charge >= 0.3 is 0 Å². The van der Waals surface area contributed by atoms with E-state index in [0.29, 0.717) is 10.9 Å². The minimum atomic E-state index is 0.491. The quantitative estimate of drug-likeness (QED) is 0.724. The highest BCUT2D eigenvalue weighted by molar-refractivity contribution is 6.33. The second-order valence-corrected chi connectivity index (χ2v) is 5.39. The molecule has 0 saturated heterocycles. The molecule has 0 bridgehead atoms. The predicted molar refractivity (Wildman–Crippen MR) is 87.8 cm³/mol. The molecule has 0 spiro atoms. The molecule has 3 aromatic rings. The molecule has 0 unspecified atom stereocenters. The zero-order chi connectivity index (χ0) is 15.7. The van der Waals surface area contributed by atoms with Gasteiger partial charge in [-0.3, -0.25) is 0 Å². The molecule has 2 aromatic carbocycles. The van der Waals surface area contributed by atoms with E-state index in [0.717, 1.165) is 33.3 Å². The van der Waals surface area contributed by atoms with Crippen LogP contribution in [-0.2, 0) is 0 Å². The van der Waals surface area contributed by atoms with Crippen molar-refractivity contribution >= 4 is 22.5 Å². The molecule has 0 aliphatic rings. The van der Waals surface area contributed by atoms with Crippen LogP contribution in [0.2, 0.25) is 5.02 Å². The normalized spacial score (nSPS) is 10.7. The summed E-state index contributed by atoms with van der Waals surface area (Å²) in [5.41, 5.74) is 3.75. The standard InChI is InChI=1S/C17H15ClN2O2/c1-10-6-11-8-16(22-3)19-20-17(11)14(7-10)13-5-4-12(21-2)9-15(13)18/h4-9H,1-3H3. The second-order valence-electron chi connectivity index (χ2n) is 4.98. The summed E-state index contributed by atoms with van der Waals surface area (Å²) in [5, 5.41) is 9.93. The van der Waals surface area contributed by atoms with Crippen molar-refractivity contribution in [3.8, 4) is 22.8 Å². The smallest absolute Gasteiger partial charge is 0.233 e. The van der Waals surface area contributed by atoms with Crippen molar-refractivity contribution in [1.29, 1.82) is 0 Å². The molecule has 1 aromatic heterocycles. The monoisotopic (exact) mass is 314 g/mol. The maximum absolute atomic E-state index is 6.40. The molecule has 0 atom stereocenters. The first kappa shape index (κ1) is 14.6. The summed E-state index contributed by atoms with van der Waals surface area (Å²) in [6.07, 6.45) is 0. The van der Waals surface area contributed by atoms with Gasteiger partial charge in [-0.2, -0.15) is 0 Å². The molecule has 0 amide bonds. The first-order chi connectivity index (χ1) is 10.6. The molecular formula is C17H15ClN2O2. The van der Waals surface area contributed by atoms with Crippen molar-refractivity contribution in [2.75, 3.05) is 14.2 Å². The summed E-state index contributed by atoms with van der Waals surface area (Å²) in [6, 6.07) is 11.6. The highest BCUT2D eigenvalue weighted by atomic mass is 35.5. The van der Waals surface area contributed by atoms with E-state index in [1.807, 2.05) is 31.2 Å². The first-order valence-electron chi connectivity index (χ1n) is 6.78. The number of nitrogens with zero attached hydrogens (tertiary/aromatic N) is 2. The van der Waals surface area contributed by atoms with E-state index in [9.17, 15) is 0 Å². The summed E-state index contributed by atoms with van der Waals surface area (Å²) in [6.45, 7) is 2.03. The molecule has 1 heterocycles. The molecule has 112 valence electrons. The van der Waals surface area contributed by atoms with Gasteiger partial charge in [0.25, 0.3) is 0 Å². The minimum Gasteiger partial charge on any atom is -0.497 e. The second kappa shape index (κ2) is 5.81. The number of aryl methyl sites for hydroxylation is 1. The number of benzene rings is 2. The Labute approximate surface area is 133 Å². The van der Waals surface area contributed by atoms with Crippen LogP contribution < -0.4 is 9.47 Å². The summed E-state index contributed by atoms with van der Waals surface area (Å²) in [5.74, 6) is 1.21. The van der Waals surface area contributed by atoms with Gasteiger partial charge < -0.3 is 9.47 Å². The largest absolute Gasteiger partial charge is 0.497 e. The van der Waals surface area contributed by atoms with Gasteiger partial charge in [0.1, 0.15) is 11.3 Å². The van der Waals surface area contributed by atoms with E-state index in [4.69, 9.17) is 21.1 Å². The van der Waals surface area contributed by atoms with E-state index in [2.05, 4.69) is 16.3 Å². The zero-order valence-electron chi connectivity index (χ0n) is 12.6. The lowest BCUT2D eigenvalue weighted by molar-refractivity contribution is 0.393. The fourth-order valence-corrected chi connectivity index (χ4v) is 2.71. The zero-order valence-corrected chi connectivity index (χ0v) is 13.3. The van der Waals surface area contributed by atoms with Gasteiger partial charge in [-0.25, -0.2) is 0 Å². The Morgan fingerprint density at radius 2 is 1.73 bits per heavy atom. The third-order valence-electron chi connectivity index (χ3n) is 3.49. The average Bonchev–Trinajstić information content (AvgIpc) is 2.53. The maximum Gasteiger partial charge on any atom is 0.233 e. The van der Waals surface area contributed by atoms with Crippen molar-refractivity contribution < 1.29 is 9.47 Å². The maximum atomic E-state index is 6.40. The Morgan fingerprint density at radius 1 is 0.909 bits per heavy atom. The lowest BCUT2D eigenvalue weighted by Crippen LogP contribution is -1.94. The van der Waals surface area contributed by atoms with Gasteiger partial charge in [-0.05, 0) is 42.8 Å². The molecule has 0 radical (unpaired) electrons. The van der Waals surface area contributed by atoms with Crippen molar-refractivity contribution in [3.63, 3.8) is 0 Å². The summed E-state index contributed by atoms with van der Waals surface area (Å²) in [4.78, 5) is 0. The minimum absolute atomic E-state index is 0.491. The Kier molecular flexibility index (Phi) is 3.86. The van der Waals surface area contributed by atoms with Crippen LogP contribution in [0.1, 0.15) is 5.56 Å². The van der Waals surface area contributed by atoms with E-state index in [1.54, 1.807) is 20.3 Å². The lowest BCUT2D eigenvalue weighted by Gasteiger charge is -2.11. The van der Waals surface area contributed by atoms with E-state index < -0.39 is 0 Å². The van der Waals surface area contributed by atoms with Crippen LogP contribution in [0.25, 0.3) is 22.0 Å². The Bertz CT molecular complexity index is 849. The number of fused-ring (bicyclic) bond motifs is 1. The average molecular weight is 315 g/mol. The Morgan fingerprint density at radius 3 is 2.41 bits per heavy atom. The van der Waals surface area contributed by atoms with Gasteiger partial charge in [-0.1, -0.05) is 11.6 Å². The van der Waals surface area contributed by atoms with Gasteiger partial charge in [-0.15, -0.1) is 10.2 Å². The summed E-state index contributed by atoms with van der Waals surface area (Å²) >= 11 is 6.40. The molecule has 0 N–H and O–H groups in total. The molecule has 0 aliphatic heterocycles. The van der Waals surface area contributed by atoms with Gasteiger partial charge in [0.2, 0.25) is 5.88 Å². The Balaban J connectivity index is 2.26.